The second-order valence-corrected chi connectivity index (χ2v) is 7.52. The summed E-state index contributed by atoms with van der Waals surface area (Å²) < 4.78 is 12.6. The molecule has 1 heterocycles. The highest BCUT2D eigenvalue weighted by molar-refractivity contribution is 9.11. The molecule has 1 aromatic carbocycles. The lowest BCUT2D eigenvalue weighted by Crippen LogP contribution is -1.98. The fourth-order valence-corrected chi connectivity index (χ4v) is 3.98. The molecule has 0 saturated heterocycles. The Kier molecular flexibility index (Phi) is 5.17. The minimum atomic E-state index is -0.270. The number of methoxy groups -OCH3 is 2. The van der Waals surface area contributed by atoms with Crippen LogP contribution in [0.25, 0.3) is 0 Å². The molecule has 2 nitrogen and oxygen atoms in total. The quantitative estimate of drug-likeness (QED) is 0.591. The molecule has 2 rings (SSSR count). The van der Waals surface area contributed by atoms with Crippen molar-refractivity contribution >= 4 is 54.8 Å². The van der Waals surface area contributed by atoms with Crippen LogP contribution in [0, 0.1) is 0 Å². The van der Waals surface area contributed by atoms with E-state index in [1.54, 1.807) is 25.6 Å². The minimum absolute atomic E-state index is 0.270. The van der Waals surface area contributed by atoms with Gasteiger partial charge in [0.2, 0.25) is 0 Å². The third-order valence-electron chi connectivity index (χ3n) is 2.62. The standard InChI is InChI=1S/C13H11Br2ClO2S/c1-17-9-6-8(14)10(18-2)5-7(9)13(16)11-3-4-12(15)19-11/h3-6,13H,1-2H3. The van der Waals surface area contributed by atoms with Gasteiger partial charge in [0, 0.05) is 10.4 Å². The maximum Gasteiger partial charge on any atom is 0.133 e. The van der Waals surface area contributed by atoms with Crippen molar-refractivity contribution in [2.45, 2.75) is 5.38 Å². The molecular formula is C13H11Br2ClO2S. The number of hydrogen-bond donors (Lipinski definition) is 0. The van der Waals surface area contributed by atoms with Crippen molar-refractivity contribution < 1.29 is 9.47 Å². The summed E-state index contributed by atoms with van der Waals surface area (Å²) in [5.41, 5.74) is 0.888. The average Bonchev–Trinajstić information content (AvgIpc) is 2.84. The highest BCUT2D eigenvalue weighted by Gasteiger charge is 2.20. The van der Waals surface area contributed by atoms with E-state index in [1.165, 1.54) is 0 Å². The molecule has 2 aromatic rings. The molecule has 102 valence electrons. The Labute approximate surface area is 137 Å². The van der Waals surface area contributed by atoms with Gasteiger partial charge in [-0.25, -0.2) is 0 Å². The van der Waals surface area contributed by atoms with Gasteiger partial charge in [0.05, 0.1) is 27.9 Å². The summed E-state index contributed by atoms with van der Waals surface area (Å²) in [5.74, 6) is 1.47. The van der Waals surface area contributed by atoms with Crippen LogP contribution < -0.4 is 9.47 Å². The fourth-order valence-electron chi connectivity index (χ4n) is 1.70. The molecule has 0 amide bonds. The third kappa shape index (κ3) is 3.27. The molecule has 1 unspecified atom stereocenters. The number of thiophene rings is 1. The van der Waals surface area contributed by atoms with Crippen LogP contribution in [0.15, 0.2) is 32.5 Å². The zero-order valence-corrected chi connectivity index (χ0v) is 15.0. The van der Waals surface area contributed by atoms with Crippen LogP contribution in [0.2, 0.25) is 0 Å². The molecule has 0 aliphatic carbocycles. The zero-order chi connectivity index (χ0) is 14.0. The summed E-state index contributed by atoms with van der Waals surface area (Å²) in [6, 6.07) is 7.75. The number of rotatable bonds is 4. The van der Waals surface area contributed by atoms with Gasteiger partial charge >= 0.3 is 0 Å². The minimum Gasteiger partial charge on any atom is -0.496 e. The maximum atomic E-state index is 6.55. The van der Waals surface area contributed by atoms with Crippen LogP contribution in [0.1, 0.15) is 15.8 Å². The summed E-state index contributed by atoms with van der Waals surface area (Å²) in [6.07, 6.45) is 0. The van der Waals surface area contributed by atoms with Crippen LogP contribution in [0.4, 0.5) is 0 Å². The van der Waals surface area contributed by atoms with Crippen LogP contribution in [-0.4, -0.2) is 14.2 Å². The summed E-state index contributed by atoms with van der Waals surface area (Å²) >= 11 is 15.0. The van der Waals surface area contributed by atoms with E-state index >= 15 is 0 Å². The molecule has 0 radical (unpaired) electrons. The lowest BCUT2D eigenvalue weighted by Gasteiger charge is -2.15. The second kappa shape index (κ2) is 6.48. The van der Waals surface area contributed by atoms with Gasteiger partial charge in [0.15, 0.2) is 0 Å². The van der Waals surface area contributed by atoms with Gasteiger partial charge in [-0.3, -0.25) is 0 Å². The Hall–Kier alpha value is -0.230. The molecule has 0 saturated carbocycles. The predicted molar refractivity (Wildman–Crippen MR) is 87.0 cm³/mol. The monoisotopic (exact) mass is 424 g/mol. The SMILES string of the molecule is COc1cc(C(Cl)c2ccc(Br)s2)c(OC)cc1Br. The Morgan fingerprint density at radius 3 is 2.32 bits per heavy atom. The van der Waals surface area contributed by atoms with Gasteiger partial charge in [-0.15, -0.1) is 22.9 Å². The van der Waals surface area contributed by atoms with E-state index in [2.05, 4.69) is 31.9 Å². The third-order valence-corrected chi connectivity index (χ3v) is 5.53. The first-order chi connectivity index (χ1) is 9.06. The lowest BCUT2D eigenvalue weighted by molar-refractivity contribution is 0.397. The van der Waals surface area contributed by atoms with E-state index in [9.17, 15) is 0 Å². The van der Waals surface area contributed by atoms with Crippen LogP contribution in [0.5, 0.6) is 11.5 Å². The van der Waals surface area contributed by atoms with E-state index in [-0.39, 0.29) is 5.38 Å². The normalized spacial score (nSPS) is 12.3. The average molecular weight is 427 g/mol. The molecule has 0 N–H and O–H groups in total. The molecular weight excluding hydrogens is 415 g/mol. The van der Waals surface area contributed by atoms with Crippen molar-refractivity contribution in [2.75, 3.05) is 14.2 Å². The van der Waals surface area contributed by atoms with Crippen molar-refractivity contribution in [3.05, 3.63) is 43.0 Å². The van der Waals surface area contributed by atoms with E-state index in [1.807, 2.05) is 24.3 Å². The van der Waals surface area contributed by atoms with E-state index in [0.717, 1.165) is 30.2 Å². The summed E-state index contributed by atoms with van der Waals surface area (Å²) in [4.78, 5) is 1.05. The van der Waals surface area contributed by atoms with Crippen LogP contribution in [0.3, 0.4) is 0 Å². The van der Waals surface area contributed by atoms with Gasteiger partial charge in [0.25, 0.3) is 0 Å². The summed E-state index contributed by atoms with van der Waals surface area (Å²) in [7, 11) is 3.26. The smallest absolute Gasteiger partial charge is 0.133 e. The van der Waals surface area contributed by atoms with Crippen molar-refractivity contribution in [1.29, 1.82) is 0 Å². The molecule has 0 aliphatic rings. The number of ether oxygens (including phenoxy) is 2. The van der Waals surface area contributed by atoms with Crippen molar-refractivity contribution in [3.63, 3.8) is 0 Å². The Bertz CT molecular complexity index is 586. The first-order valence-corrected chi connectivity index (χ1v) is 8.21. The summed E-state index contributed by atoms with van der Waals surface area (Å²) in [6.45, 7) is 0. The van der Waals surface area contributed by atoms with Gasteiger partial charge in [0.1, 0.15) is 11.5 Å². The molecule has 6 heteroatoms. The fraction of sp³-hybridized carbons (Fsp3) is 0.231. The van der Waals surface area contributed by atoms with Crippen molar-refractivity contribution in [3.8, 4) is 11.5 Å². The zero-order valence-electron chi connectivity index (χ0n) is 10.2. The highest BCUT2D eigenvalue weighted by atomic mass is 79.9. The Morgan fingerprint density at radius 2 is 1.79 bits per heavy atom. The molecule has 0 fully saturated rings. The van der Waals surface area contributed by atoms with Gasteiger partial charge in [-0.05, 0) is 56.1 Å². The molecule has 0 bridgehead atoms. The Morgan fingerprint density at radius 1 is 1.11 bits per heavy atom. The second-order valence-electron chi connectivity index (χ2n) is 3.73. The molecule has 0 aliphatic heterocycles. The number of hydrogen-bond acceptors (Lipinski definition) is 3. The predicted octanol–water partition coefficient (Wildman–Crippen LogP) is 5.62. The Balaban J connectivity index is 2.48. The van der Waals surface area contributed by atoms with Crippen molar-refractivity contribution in [1.82, 2.24) is 0 Å². The topological polar surface area (TPSA) is 18.5 Å². The lowest BCUT2D eigenvalue weighted by atomic mass is 10.1. The maximum absolute atomic E-state index is 6.55. The molecule has 19 heavy (non-hydrogen) atoms. The molecule has 1 atom stereocenters. The molecule has 0 spiro atoms. The van der Waals surface area contributed by atoms with E-state index in [0.29, 0.717) is 0 Å². The number of halogens is 3. The first-order valence-electron chi connectivity index (χ1n) is 5.37. The number of benzene rings is 1. The van der Waals surface area contributed by atoms with Crippen LogP contribution >= 0.6 is 54.8 Å². The van der Waals surface area contributed by atoms with Gasteiger partial charge < -0.3 is 9.47 Å². The van der Waals surface area contributed by atoms with E-state index < -0.39 is 0 Å². The largest absolute Gasteiger partial charge is 0.496 e. The first kappa shape index (κ1) is 15.2. The summed E-state index contributed by atoms with van der Waals surface area (Å²) in [5, 5.41) is -0.270. The van der Waals surface area contributed by atoms with Gasteiger partial charge in [-0.2, -0.15) is 0 Å². The highest BCUT2D eigenvalue weighted by Crippen LogP contribution is 2.43. The van der Waals surface area contributed by atoms with Gasteiger partial charge in [-0.1, -0.05) is 0 Å². The number of alkyl halides is 1. The molecule has 1 aromatic heterocycles. The van der Waals surface area contributed by atoms with Crippen LogP contribution in [-0.2, 0) is 0 Å². The van der Waals surface area contributed by atoms with E-state index in [4.69, 9.17) is 21.1 Å². The van der Waals surface area contributed by atoms with Crippen molar-refractivity contribution in [2.24, 2.45) is 0 Å².